The largest absolute Gasteiger partial charge is 0.355 e. The van der Waals surface area contributed by atoms with Crippen molar-refractivity contribution in [2.24, 2.45) is 0 Å². The molecule has 1 atom stereocenters. The Hall–Kier alpha value is -2.02. The first kappa shape index (κ1) is 17.8. The molecular weight excluding hydrogens is 338 g/mol. The van der Waals surface area contributed by atoms with Gasteiger partial charge in [0.15, 0.2) is 0 Å². The lowest BCUT2D eigenvalue weighted by Gasteiger charge is -2.19. The Morgan fingerprint density at radius 2 is 2.04 bits per heavy atom. The number of urea groups is 1. The van der Waals surface area contributed by atoms with Crippen LogP contribution in [0.4, 0.5) is 4.79 Å². The summed E-state index contributed by atoms with van der Waals surface area (Å²) in [5, 5.41) is 5.56. The fraction of sp³-hybridized carbons (Fsp3) is 0.500. The fourth-order valence-electron chi connectivity index (χ4n) is 3.18. The highest BCUT2D eigenvalue weighted by molar-refractivity contribution is 7.99. The monoisotopic (exact) mass is 361 g/mol. The molecule has 1 aromatic carbocycles. The first-order valence-corrected chi connectivity index (χ1v) is 9.79. The Labute approximate surface area is 151 Å². The van der Waals surface area contributed by atoms with Gasteiger partial charge in [-0.3, -0.25) is 14.5 Å². The van der Waals surface area contributed by atoms with Gasteiger partial charge in [-0.25, -0.2) is 4.79 Å². The van der Waals surface area contributed by atoms with Crippen molar-refractivity contribution in [1.29, 1.82) is 0 Å². The molecule has 1 aromatic rings. The van der Waals surface area contributed by atoms with E-state index in [2.05, 4.69) is 22.8 Å². The van der Waals surface area contributed by atoms with E-state index in [9.17, 15) is 14.4 Å². The highest BCUT2D eigenvalue weighted by atomic mass is 32.2. The minimum Gasteiger partial charge on any atom is -0.355 e. The second-order valence-electron chi connectivity index (χ2n) is 6.50. The zero-order valence-electron chi connectivity index (χ0n) is 14.1. The number of nitrogens with one attached hydrogen (secondary N) is 2. The molecule has 4 amide bonds. The molecule has 2 heterocycles. The lowest BCUT2D eigenvalue weighted by molar-refractivity contribution is -0.134. The number of hydrogen-bond donors (Lipinski definition) is 2. The third-order valence-electron chi connectivity index (χ3n) is 4.63. The summed E-state index contributed by atoms with van der Waals surface area (Å²) in [6.45, 7) is 0.353. The molecule has 25 heavy (non-hydrogen) atoms. The summed E-state index contributed by atoms with van der Waals surface area (Å²) in [4.78, 5) is 37.6. The minimum atomic E-state index is -0.780. The number of nitrogens with zero attached hydrogens (tertiary/aromatic N) is 1. The van der Waals surface area contributed by atoms with Gasteiger partial charge in [0, 0.05) is 12.3 Å². The van der Waals surface area contributed by atoms with Crippen molar-refractivity contribution in [2.45, 2.75) is 31.2 Å². The molecule has 0 saturated carbocycles. The normalized spacial score (nSPS) is 22.5. The Morgan fingerprint density at radius 3 is 2.76 bits per heavy atom. The van der Waals surface area contributed by atoms with E-state index in [0.717, 1.165) is 29.9 Å². The topological polar surface area (TPSA) is 78.5 Å². The summed E-state index contributed by atoms with van der Waals surface area (Å²) in [6.07, 6.45) is 3.46. The van der Waals surface area contributed by atoms with E-state index < -0.39 is 11.6 Å². The van der Waals surface area contributed by atoms with Gasteiger partial charge >= 0.3 is 6.03 Å². The summed E-state index contributed by atoms with van der Waals surface area (Å²) in [7, 11) is 0. The maximum Gasteiger partial charge on any atom is 0.325 e. The first-order chi connectivity index (χ1) is 12.1. The van der Waals surface area contributed by atoms with Crippen molar-refractivity contribution >= 4 is 29.6 Å². The van der Waals surface area contributed by atoms with Gasteiger partial charge in [0.25, 0.3) is 5.91 Å². The smallest absolute Gasteiger partial charge is 0.325 e. The molecule has 0 radical (unpaired) electrons. The number of hydrogen-bond acceptors (Lipinski definition) is 4. The standard InChI is InChI=1S/C18H23N3O3S/c22-15(19-10-5-4-8-14-6-2-1-3-7-14)12-21-16(23)18(20-17(21)24)9-11-25-13-18/h1-3,6-7H,4-5,8-13H2,(H,19,22)(H,20,24)/t18-/m0/s1. The van der Waals surface area contributed by atoms with Crippen LogP contribution in [0.1, 0.15) is 24.8 Å². The lowest BCUT2D eigenvalue weighted by Crippen LogP contribution is -2.47. The fourth-order valence-corrected chi connectivity index (χ4v) is 4.50. The highest BCUT2D eigenvalue weighted by Crippen LogP contribution is 2.33. The van der Waals surface area contributed by atoms with Crippen molar-refractivity contribution < 1.29 is 14.4 Å². The van der Waals surface area contributed by atoms with Crippen LogP contribution in [-0.4, -0.2) is 52.9 Å². The molecule has 6 nitrogen and oxygen atoms in total. The number of carbonyl (C=O) groups excluding carboxylic acids is 3. The van der Waals surface area contributed by atoms with Gasteiger partial charge in [0.05, 0.1) is 0 Å². The molecule has 0 aromatic heterocycles. The number of benzene rings is 1. The highest BCUT2D eigenvalue weighted by Gasteiger charge is 2.53. The van der Waals surface area contributed by atoms with E-state index in [4.69, 9.17) is 0 Å². The van der Waals surface area contributed by atoms with Crippen LogP contribution < -0.4 is 10.6 Å². The molecule has 1 spiro atoms. The third-order valence-corrected chi connectivity index (χ3v) is 5.82. The van der Waals surface area contributed by atoms with Gasteiger partial charge in [-0.15, -0.1) is 0 Å². The Balaban J connectivity index is 1.38. The van der Waals surface area contributed by atoms with Crippen LogP contribution in [0, 0.1) is 0 Å². The number of rotatable bonds is 7. The summed E-state index contributed by atoms with van der Waals surface area (Å²) < 4.78 is 0. The zero-order chi connectivity index (χ0) is 17.7. The van der Waals surface area contributed by atoms with Crippen molar-refractivity contribution in [3.63, 3.8) is 0 Å². The average Bonchev–Trinajstić information content (AvgIpc) is 3.17. The summed E-state index contributed by atoms with van der Waals surface area (Å²) in [5.41, 5.74) is 0.505. The molecular formula is C18H23N3O3S. The Bertz CT molecular complexity index is 644. The number of aryl methyl sites for hydroxylation is 1. The number of carbonyl (C=O) groups is 3. The van der Waals surface area contributed by atoms with Gasteiger partial charge in [-0.05, 0) is 37.0 Å². The van der Waals surface area contributed by atoms with E-state index in [-0.39, 0.29) is 18.4 Å². The lowest BCUT2D eigenvalue weighted by atomic mass is 9.99. The second kappa shape index (κ2) is 7.91. The second-order valence-corrected chi connectivity index (χ2v) is 7.60. The van der Waals surface area contributed by atoms with E-state index in [1.807, 2.05) is 18.2 Å². The van der Waals surface area contributed by atoms with E-state index in [1.165, 1.54) is 5.56 Å². The van der Waals surface area contributed by atoms with Crippen molar-refractivity contribution in [2.75, 3.05) is 24.6 Å². The molecule has 2 saturated heterocycles. The van der Waals surface area contributed by atoms with Gasteiger partial charge < -0.3 is 10.6 Å². The van der Waals surface area contributed by atoms with Crippen molar-refractivity contribution in [3.05, 3.63) is 35.9 Å². The van der Waals surface area contributed by atoms with Crippen molar-refractivity contribution in [1.82, 2.24) is 15.5 Å². The van der Waals surface area contributed by atoms with Gasteiger partial charge in [0.2, 0.25) is 5.91 Å². The molecule has 0 unspecified atom stereocenters. The summed E-state index contributed by atoms with van der Waals surface area (Å²) in [6, 6.07) is 9.76. The predicted octanol–water partition coefficient (Wildman–Crippen LogP) is 1.55. The molecule has 0 bridgehead atoms. The van der Waals surface area contributed by atoms with Crippen LogP contribution in [0.2, 0.25) is 0 Å². The van der Waals surface area contributed by atoms with Crippen LogP contribution in [0.15, 0.2) is 30.3 Å². The molecule has 2 fully saturated rings. The van der Waals surface area contributed by atoms with Crippen LogP contribution >= 0.6 is 11.8 Å². The number of unbranched alkanes of at least 4 members (excludes halogenated alkanes) is 1. The van der Waals surface area contributed by atoms with E-state index in [1.54, 1.807) is 11.8 Å². The van der Waals surface area contributed by atoms with Crippen LogP contribution in [0.25, 0.3) is 0 Å². The average molecular weight is 361 g/mol. The van der Waals surface area contributed by atoms with Gasteiger partial charge in [-0.2, -0.15) is 11.8 Å². The molecule has 2 N–H and O–H groups in total. The molecule has 7 heteroatoms. The van der Waals surface area contributed by atoms with E-state index >= 15 is 0 Å². The minimum absolute atomic E-state index is 0.199. The van der Waals surface area contributed by atoms with Crippen LogP contribution in [0.3, 0.4) is 0 Å². The van der Waals surface area contributed by atoms with Gasteiger partial charge in [0.1, 0.15) is 12.1 Å². The maximum atomic E-state index is 12.5. The SMILES string of the molecule is O=C(CN1C(=O)N[C@]2(CCSC2)C1=O)NCCCCc1ccccc1. The van der Waals surface area contributed by atoms with Crippen LogP contribution in [-0.2, 0) is 16.0 Å². The predicted molar refractivity (Wildman–Crippen MR) is 97.3 cm³/mol. The third kappa shape index (κ3) is 4.15. The molecule has 2 aliphatic heterocycles. The Morgan fingerprint density at radius 1 is 1.24 bits per heavy atom. The number of imide groups is 1. The number of thioether (sulfide) groups is 1. The van der Waals surface area contributed by atoms with Gasteiger partial charge in [-0.1, -0.05) is 30.3 Å². The summed E-state index contributed by atoms with van der Waals surface area (Å²) in [5.74, 6) is 0.899. The van der Waals surface area contributed by atoms with Crippen LogP contribution in [0.5, 0.6) is 0 Å². The quantitative estimate of drug-likeness (QED) is 0.571. The molecule has 0 aliphatic carbocycles. The molecule has 134 valence electrons. The number of amides is 4. The van der Waals surface area contributed by atoms with Crippen molar-refractivity contribution in [3.8, 4) is 0 Å². The summed E-state index contributed by atoms with van der Waals surface area (Å²) >= 11 is 1.65. The maximum absolute atomic E-state index is 12.5. The molecule has 2 aliphatic rings. The van der Waals surface area contributed by atoms with E-state index in [0.29, 0.717) is 18.7 Å². The Kier molecular flexibility index (Phi) is 5.63. The first-order valence-electron chi connectivity index (χ1n) is 8.63. The molecule has 3 rings (SSSR count). The zero-order valence-corrected chi connectivity index (χ0v) is 14.9.